The van der Waals surface area contributed by atoms with Crippen LogP contribution in [0.15, 0.2) is 0 Å². The average Bonchev–Trinajstić information content (AvgIpc) is 2.12. The van der Waals surface area contributed by atoms with Gasteiger partial charge in [-0.15, -0.1) is 0 Å². The van der Waals surface area contributed by atoms with Gasteiger partial charge in [-0.1, -0.05) is 13.3 Å². The summed E-state index contributed by atoms with van der Waals surface area (Å²) in [7, 11) is 0. The Kier molecular flexibility index (Phi) is 3.54. The Bertz CT molecular complexity index is 379. The molecule has 0 bridgehead atoms. The summed E-state index contributed by atoms with van der Waals surface area (Å²) < 4.78 is 0. The lowest BCUT2D eigenvalue weighted by atomic mass is 10.1. The lowest BCUT2D eigenvalue weighted by molar-refractivity contribution is -0.386. The number of nitrogen functional groups attached to an aromatic ring is 1. The molecule has 15 heavy (non-hydrogen) atoms. The number of hydrogen-bond donors (Lipinski definition) is 1. The zero-order valence-corrected chi connectivity index (χ0v) is 8.86. The number of rotatable bonds is 4. The van der Waals surface area contributed by atoms with E-state index >= 15 is 0 Å². The summed E-state index contributed by atoms with van der Waals surface area (Å²) in [4.78, 5) is 18.1. The molecular weight excluding hydrogens is 196 g/mol. The summed E-state index contributed by atoms with van der Waals surface area (Å²) in [6, 6.07) is 0. The SMILES string of the molecule is CCCCc1nc(N)nc(C)c1[N+](=O)[O-]. The molecule has 0 unspecified atom stereocenters. The Morgan fingerprint density at radius 2 is 2.13 bits per heavy atom. The molecule has 0 atom stereocenters. The number of unbranched alkanes of at least 4 members (excludes halogenated alkanes) is 1. The normalized spacial score (nSPS) is 10.3. The highest BCUT2D eigenvalue weighted by molar-refractivity contribution is 5.43. The maximum Gasteiger partial charge on any atom is 0.311 e. The lowest BCUT2D eigenvalue weighted by Crippen LogP contribution is -2.07. The molecule has 0 spiro atoms. The molecule has 0 aliphatic heterocycles. The fraction of sp³-hybridized carbons (Fsp3) is 0.556. The van der Waals surface area contributed by atoms with Crippen LogP contribution in [-0.2, 0) is 6.42 Å². The van der Waals surface area contributed by atoms with Crippen LogP contribution in [0.4, 0.5) is 11.6 Å². The molecule has 0 radical (unpaired) electrons. The molecule has 0 aromatic carbocycles. The third-order valence-electron chi connectivity index (χ3n) is 2.10. The van der Waals surface area contributed by atoms with E-state index in [1.165, 1.54) is 0 Å². The molecule has 0 saturated heterocycles. The molecule has 0 fully saturated rings. The Hall–Kier alpha value is -1.72. The predicted molar refractivity (Wildman–Crippen MR) is 56.4 cm³/mol. The van der Waals surface area contributed by atoms with Crippen molar-refractivity contribution in [2.45, 2.75) is 33.1 Å². The second-order valence-electron chi connectivity index (χ2n) is 3.32. The standard InChI is InChI=1S/C9H14N4O2/c1-3-4-5-7-8(13(14)15)6(2)11-9(10)12-7/h3-5H2,1-2H3,(H2,10,11,12). The summed E-state index contributed by atoms with van der Waals surface area (Å²) in [6.45, 7) is 3.59. The van der Waals surface area contributed by atoms with E-state index in [1.54, 1.807) is 6.92 Å². The minimum Gasteiger partial charge on any atom is -0.368 e. The van der Waals surface area contributed by atoms with Crippen molar-refractivity contribution in [3.8, 4) is 0 Å². The molecule has 0 amide bonds. The first-order chi connectivity index (χ1) is 7.06. The Labute approximate surface area is 87.7 Å². The van der Waals surface area contributed by atoms with Gasteiger partial charge in [0, 0.05) is 0 Å². The lowest BCUT2D eigenvalue weighted by Gasteiger charge is -2.04. The molecule has 1 heterocycles. The van der Waals surface area contributed by atoms with Crippen LogP contribution in [0.1, 0.15) is 31.2 Å². The van der Waals surface area contributed by atoms with Crippen molar-refractivity contribution in [2.75, 3.05) is 5.73 Å². The van der Waals surface area contributed by atoms with Gasteiger partial charge in [-0.05, 0) is 19.8 Å². The average molecular weight is 210 g/mol. The predicted octanol–water partition coefficient (Wildman–Crippen LogP) is 1.62. The highest BCUT2D eigenvalue weighted by Crippen LogP contribution is 2.22. The molecule has 0 saturated carbocycles. The van der Waals surface area contributed by atoms with Crippen molar-refractivity contribution in [1.29, 1.82) is 0 Å². The largest absolute Gasteiger partial charge is 0.368 e. The minimum absolute atomic E-state index is 0.00218. The van der Waals surface area contributed by atoms with Crippen LogP contribution < -0.4 is 5.73 Å². The highest BCUT2D eigenvalue weighted by Gasteiger charge is 2.20. The minimum atomic E-state index is -0.445. The Morgan fingerprint density at radius 3 is 2.67 bits per heavy atom. The summed E-state index contributed by atoms with van der Waals surface area (Å²) in [5, 5.41) is 10.8. The third kappa shape index (κ3) is 2.61. The van der Waals surface area contributed by atoms with Crippen molar-refractivity contribution in [2.24, 2.45) is 0 Å². The van der Waals surface area contributed by atoms with E-state index in [9.17, 15) is 10.1 Å². The Balaban J connectivity index is 3.14. The van der Waals surface area contributed by atoms with E-state index in [1.807, 2.05) is 6.92 Å². The van der Waals surface area contributed by atoms with Gasteiger partial charge in [0.05, 0.1) is 4.92 Å². The maximum absolute atomic E-state index is 10.8. The van der Waals surface area contributed by atoms with Gasteiger partial charge in [0.1, 0.15) is 11.4 Å². The van der Waals surface area contributed by atoms with Crippen LogP contribution >= 0.6 is 0 Å². The zero-order valence-electron chi connectivity index (χ0n) is 8.86. The first kappa shape index (κ1) is 11.4. The van der Waals surface area contributed by atoms with Gasteiger partial charge in [0.25, 0.3) is 0 Å². The number of anilines is 1. The Morgan fingerprint density at radius 1 is 1.47 bits per heavy atom. The van der Waals surface area contributed by atoms with Crippen LogP contribution in [0, 0.1) is 17.0 Å². The van der Waals surface area contributed by atoms with Crippen LogP contribution in [0.3, 0.4) is 0 Å². The van der Waals surface area contributed by atoms with Crippen molar-refractivity contribution in [3.63, 3.8) is 0 Å². The molecular formula is C9H14N4O2. The second kappa shape index (κ2) is 4.68. The first-order valence-electron chi connectivity index (χ1n) is 4.83. The molecule has 2 N–H and O–H groups in total. The van der Waals surface area contributed by atoms with E-state index < -0.39 is 4.92 Å². The topological polar surface area (TPSA) is 94.9 Å². The maximum atomic E-state index is 10.8. The van der Waals surface area contributed by atoms with E-state index in [4.69, 9.17) is 5.73 Å². The fourth-order valence-electron chi connectivity index (χ4n) is 1.41. The summed E-state index contributed by atoms with van der Waals surface area (Å²) in [6.07, 6.45) is 2.39. The molecule has 0 aliphatic rings. The van der Waals surface area contributed by atoms with E-state index in [2.05, 4.69) is 9.97 Å². The van der Waals surface area contributed by atoms with Gasteiger partial charge in [-0.25, -0.2) is 9.97 Å². The number of nitrogens with two attached hydrogens (primary N) is 1. The van der Waals surface area contributed by atoms with Crippen molar-refractivity contribution in [3.05, 3.63) is 21.5 Å². The quantitative estimate of drug-likeness (QED) is 0.601. The van der Waals surface area contributed by atoms with Gasteiger partial charge in [0.2, 0.25) is 5.95 Å². The van der Waals surface area contributed by atoms with E-state index in [0.29, 0.717) is 17.8 Å². The van der Waals surface area contributed by atoms with Crippen molar-refractivity contribution in [1.82, 2.24) is 9.97 Å². The van der Waals surface area contributed by atoms with Gasteiger partial charge in [-0.2, -0.15) is 0 Å². The van der Waals surface area contributed by atoms with Gasteiger partial charge < -0.3 is 5.73 Å². The van der Waals surface area contributed by atoms with Crippen molar-refractivity contribution < 1.29 is 4.92 Å². The highest BCUT2D eigenvalue weighted by atomic mass is 16.6. The zero-order chi connectivity index (χ0) is 11.4. The number of nitro groups is 1. The van der Waals surface area contributed by atoms with Crippen LogP contribution in [-0.4, -0.2) is 14.9 Å². The molecule has 6 nitrogen and oxygen atoms in total. The van der Waals surface area contributed by atoms with Crippen molar-refractivity contribution >= 4 is 11.6 Å². The number of aryl methyl sites for hydroxylation is 2. The van der Waals surface area contributed by atoms with Gasteiger partial charge in [-0.3, -0.25) is 10.1 Å². The molecule has 82 valence electrons. The van der Waals surface area contributed by atoms with E-state index in [-0.39, 0.29) is 11.6 Å². The second-order valence-corrected chi connectivity index (χ2v) is 3.32. The monoisotopic (exact) mass is 210 g/mol. The summed E-state index contributed by atoms with van der Waals surface area (Å²) in [5.74, 6) is 0.101. The number of aromatic nitrogens is 2. The molecule has 1 aromatic rings. The molecule has 1 rings (SSSR count). The summed E-state index contributed by atoms with van der Waals surface area (Å²) >= 11 is 0. The molecule has 0 aliphatic carbocycles. The fourth-order valence-corrected chi connectivity index (χ4v) is 1.41. The van der Waals surface area contributed by atoms with Gasteiger partial charge >= 0.3 is 5.69 Å². The summed E-state index contributed by atoms with van der Waals surface area (Å²) in [5.41, 5.74) is 6.22. The van der Waals surface area contributed by atoms with Crippen LogP contribution in [0.2, 0.25) is 0 Å². The van der Waals surface area contributed by atoms with Crippen LogP contribution in [0.5, 0.6) is 0 Å². The van der Waals surface area contributed by atoms with E-state index in [0.717, 1.165) is 12.8 Å². The smallest absolute Gasteiger partial charge is 0.311 e. The van der Waals surface area contributed by atoms with Crippen LogP contribution in [0.25, 0.3) is 0 Å². The number of hydrogen-bond acceptors (Lipinski definition) is 5. The first-order valence-corrected chi connectivity index (χ1v) is 4.83. The number of nitrogens with zero attached hydrogens (tertiary/aromatic N) is 3. The molecule has 1 aromatic heterocycles. The van der Waals surface area contributed by atoms with Gasteiger partial charge in [0.15, 0.2) is 0 Å². The molecule has 6 heteroatoms. The third-order valence-corrected chi connectivity index (χ3v) is 2.10.